The maximum Gasteiger partial charge on any atom is 0.109 e. The Bertz CT molecular complexity index is 342. The van der Waals surface area contributed by atoms with E-state index in [1.54, 1.807) is 0 Å². The van der Waals surface area contributed by atoms with Gasteiger partial charge in [-0.05, 0) is 32.6 Å². The highest BCUT2D eigenvalue weighted by molar-refractivity contribution is 8.00. The summed E-state index contributed by atoms with van der Waals surface area (Å²) in [5.41, 5.74) is 0. The average molecular weight is 239 g/mol. The summed E-state index contributed by atoms with van der Waals surface area (Å²) in [7, 11) is 4.14. The smallest absolute Gasteiger partial charge is 0.109 e. The van der Waals surface area contributed by atoms with Gasteiger partial charge in [-0.25, -0.2) is 4.98 Å². The minimum Gasteiger partial charge on any atom is -0.338 e. The van der Waals surface area contributed by atoms with Gasteiger partial charge in [0.15, 0.2) is 0 Å². The number of thioether (sulfide) groups is 1. The SMILES string of the molecule is CNC(Cc1nccn1C)C1(C)CCCS1. The van der Waals surface area contributed by atoms with E-state index in [-0.39, 0.29) is 0 Å². The van der Waals surface area contributed by atoms with Crippen LogP contribution in [0.4, 0.5) is 0 Å². The molecule has 4 heteroatoms. The zero-order chi connectivity index (χ0) is 11.6. The van der Waals surface area contributed by atoms with Crippen LogP contribution in [-0.2, 0) is 13.5 Å². The van der Waals surface area contributed by atoms with Crippen molar-refractivity contribution in [3.05, 3.63) is 18.2 Å². The second-order valence-electron chi connectivity index (χ2n) is 4.76. The summed E-state index contributed by atoms with van der Waals surface area (Å²) in [6, 6.07) is 0.515. The Kier molecular flexibility index (Phi) is 3.60. The summed E-state index contributed by atoms with van der Waals surface area (Å²) in [6.07, 6.45) is 7.58. The van der Waals surface area contributed by atoms with Gasteiger partial charge in [0.05, 0.1) is 0 Å². The predicted molar refractivity (Wildman–Crippen MR) is 69.9 cm³/mol. The summed E-state index contributed by atoms with van der Waals surface area (Å²) < 4.78 is 2.49. The summed E-state index contributed by atoms with van der Waals surface area (Å²) in [4.78, 5) is 4.42. The number of hydrogen-bond donors (Lipinski definition) is 1. The predicted octanol–water partition coefficient (Wildman–Crippen LogP) is 1.84. The van der Waals surface area contributed by atoms with E-state index in [4.69, 9.17) is 0 Å². The van der Waals surface area contributed by atoms with Crippen molar-refractivity contribution < 1.29 is 0 Å². The molecule has 1 aliphatic rings. The lowest BCUT2D eigenvalue weighted by molar-refractivity contribution is 0.414. The van der Waals surface area contributed by atoms with Crippen LogP contribution in [0, 0.1) is 0 Å². The number of aromatic nitrogens is 2. The lowest BCUT2D eigenvalue weighted by Crippen LogP contribution is -2.45. The summed E-state index contributed by atoms with van der Waals surface area (Å²) in [5.74, 6) is 2.47. The molecule has 3 nitrogen and oxygen atoms in total. The second kappa shape index (κ2) is 4.80. The molecule has 0 radical (unpaired) electrons. The quantitative estimate of drug-likeness (QED) is 0.869. The average Bonchev–Trinajstić information content (AvgIpc) is 2.85. The molecule has 1 saturated heterocycles. The number of nitrogens with one attached hydrogen (secondary N) is 1. The second-order valence-corrected chi connectivity index (χ2v) is 6.39. The minimum atomic E-state index is 0.376. The van der Waals surface area contributed by atoms with Gasteiger partial charge in [0, 0.05) is 36.7 Å². The molecule has 2 unspecified atom stereocenters. The molecule has 0 aromatic carbocycles. The third-order valence-electron chi connectivity index (χ3n) is 3.64. The normalized spacial score (nSPS) is 27.2. The highest BCUT2D eigenvalue weighted by Gasteiger charge is 2.37. The van der Waals surface area contributed by atoms with Crippen LogP contribution in [0.5, 0.6) is 0 Å². The Hall–Kier alpha value is -0.480. The van der Waals surface area contributed by atoms with E-state index in [1.165, 1.54) is 24.4 Å². The molecule has 1 fully saturated rings. The van der Waals surface area contributed by atoms with Crippen molar-refractivity contribution in [1.29, 1.82) is 0 Å². The van der Waals surface area contributed by atoms with E-state index < -0.39 is 0 Å². The molecule has 1 aromatic rings. The highest BCUT2D eigenvalue weighted by atomic mass is 32.2. The number of likely N-dealkylation sites (N-methyl/N-ethyl adjacent to an activating group) is 1. The number of imidazole rings is 1. The summed E-state index contributed by atoms with van der Waals surface area (Å²) >= 11 is 2.11. The molecule has 16 heavy (non-hydrogen) atoms. The van der Waals surface area contributed by atoms with Gasteiger partial charge < -0.3 is 9.88 Å². The highest BCUT2D eigenvalue weighted by Crippen LogP contribution is 2.41. The van der Waals surface area contributed by atoms with Crippen LogP contribution in [0.25, 0.3) is 0 Å². The van der Waals surface area contributed by atoms with Gasteiger partial charge in [-0.15, -0.1) is 0 Å². The third-order valence-corrected chi connectivity index (χ3v) is 5.28. The van der Waals surface area contributed by atoms with Crippen LogP contribution in [0.15, 0.2) is 12.4 Å². The number of rotatable bonds is 4. The van der Waals surface area contributed by atoms with E-state index in [2.05, 4.69) is 47.6 Å². The first-order valence-electron chi connectivity index (χ1n) is 5.93. The molecule has 2 heterocycles. The Labute approximate surface area is 102 Å². The molecule has 90 valence electrons. The molecule has 1 aromatic heterocycles. The lowest BCUT2D eigenvalue weighted by atomic mass is 9.93. The molecule has 0 aliphatic carbocycles. The first-order valence-corrected chi connectivity index (χ1v) is 6.92. The molecule has 0 saturated carbocycles. The molecular formula is C12H21N3S. The van der Waals surface area contributed by atoms with Gasteiger partial charge in [0.1, 0.15) is 5.82 Å². The minimum absolute atomic E-state index is 0.376. The van der Waals surface area contributed by atoms with Crippen LogP contribution in [0.2, 0.25) is 0 Å². The Morgan fingerprint density at radius 1 is 1.69 bits per heavy atom. The summed E-state index contributed by atoms with van der Waals surface area (Å²) in [6.45, 7) is 2.38. The van der Waals surface area contributed by atoms with Crippen molar-refractivity contribution >= 4 is 11.8 Å². The first-order chi connectivity index (χ1) is 7.65. The molecule has 2 rings (SSSR count). The van der Waals surface area contributed by atoms with Gasteiger partial charge in [-0.2, -0.15) is 11.8 Å². The fourth-order valence-electron chi connectivity index (χ4n) is 2.47. The van der Waals surface area contributed by atoms with E-state index >= 15 is 0 Å². The molecule has 1 N–H and O–H groups in total. The van der Waals surface area contributed by atoms with Gasteiger partial charge in [-0.1, -0.05) is 0 Å². The van der Waals surface area contributed by atoms with Crippen molar-refractivity contribution in [3.8, 4) is 0 Å². The zero-order valence-corrected chi connectivity index (χ0v) is 11.2. The standard InChI is InChI=1S/C12H21N3S/c1-12(5-4-8-16-12)10(13-2)9-11-14-6-7-15(11)3/h6-7,10,13H,4-5,8-9H2,1-3H3. The summed E-state index contributed by atoms with van der Waals surface area (Å²) in [5, 5.41) is 3.48. The fraction of sp³-hybridized carbons (Fsp3) is 0.750. The number of nitrogens with zero attached hydrogens (tertiary/aromatic N) is 2. The van der Waals surface area contributed by atoms with Crippen LogP contribution >= 0.6 is 11.8 Å². The van der Waals surface area contributed by atoms with Crippen LogP contribution in [-0.4, -0.2) is 33.1 Å². The van der Waals surface area contributed by atoms with Gasteiger partial charge in [0.2, 0.25) is 0 Å². The third kappa shape index (κ3) is 2.28. The van der Waals surface area contributed by atoms with Crippen molar-refractivity contribution in [1.82, 2.24) is 14.9 Å². The van der Waals surface area contributed by atoms with Gasteiger partial charge in [-0.3, -0.25) is 0 Å². The van der Waals surface area contributed by atoms with Gasteiger partial charge >= 0.3 is 0 Å². The van der Waals surface area contributed by atoms with E-state index in [0.29, 0.717) is 10.8 Å². The first kappa shape index (κ1) is 12.0. The zero-order valence-electron chi connectivity index (χ0n) is 10.4. The Morgan fingerprint density at radius 2 is 2.50 bits per heavy atom. The topological polar surface area (TPSA) is 29.9 Å². The number of hydrogen-bond acceptors (Lipinski definition) is 3. The monoisotopic (exact) mass is 239 g/mol. The Morgan fingerprint density at radius 3 is 3.00 bits per heavy atom. The van der Waals surface area contributed by atoms with E-state index in [1.807, 2.05) is 12.4 Å². The van der Waals surface area contributed by atoms with Crippen molar-refractivity contribution in [3.63, 3.8) is 0 Å². The molecule has 0 amide bonds. The van der Waals surface area contributed by atoms with Crippen molar-refractivity contribution in [2.75, 3.05) is 12.8 Å². The van der Waals surface area contributed by atoms with Crippen LogP contribution < -0.4 is 5.32 Å². The maximum atomic E-state index is 4.42. The van der Waals surface area contributed by atoms with E-state index in [0.717, 1.165) is 6.42 Å². The fourth-order valence-corrected chi connectivity index (χ4v) is 3.92. The number of aryl methyl sites for hydroxylation is 1. The molecule has 2 atom stereocenters. The van der Waals surface area contributed by atoms with E-state index in [9.17, 15) is 0 Å². The van der Waals surface area contributed by atoms with Crippen LogP contribution in [0.3, 0.4) is 0 Å². The molecule has 1 aliphatic heterocycles. The molecular weight excluding hydrogens is 218 g/mol. The Balaban J connectivity index is 2.08. The van der Waals surface area contributed by atoms with Gasteiger partial charge in [0.25, 0.3) is 0 Å². The maximum absolute atomic E-state index is 4.42. The largest absolute Gasteiger partial charge is 0.338 e. The lowest BCUT2D eigenvalue weighted by Gasteiger charge is -2.33. The van der Waals surface area contributed by atoms with Crippen LogP contribution in [0.1, 0.15) is 25.6 Å². The molecule has 0 bridgehead atoms. The van der Waals surface area contributed by atoms with Crippen molar-refractivity contribution in [2.45, 2.75) is 37.0 Å². The molecule has 0 spiro atoms. The van der Waals surface area contributed by atoms with Crippen molar-refractivity contribution in [2.24, 2.45) is 7.05 Å².